The van der Waals surface area contributed by atoms with Crippen molar-refractivity contribution in [2.45, 2.75) is 31.8 Å². The fourth-order valence-corrected chi connectivity index (χ4v) is 3.21. The Morgan fingerprint density at radius 1 is 1.16 bits per heavy atom. The third-order valence-electron chi connectivity index (χ3n) is 4.77. The maximum Gasteiger partial charge on any atom is 0.358 e. The molecule has 1 aromatic carbocycles. The van der Waals surface area contributed by atoms with Crippen LogP contribution in [0.2, 0.25) is 0 Å². The minimum absolute atomic E-state index is 0.222. The van der Waals surface area contributed by atoms with Crippen LogP contribution in [0.15, 0.2) is 42.5 Å². The number of hydrogen-bond donors (Lipinski definition) is 1. The summed E-state index contributed by atoms with van der Waals surface area (Å²) in [6.45, 7) is 4.35. The number of methoxy groups -OCH3 is 1. The van der Waals surface area contributed by atoms with Crippen LogP contribution in [0.1, 0.15) is 41.9 Å². The molecular formula is C19H24N4O2. The van der Waals surface area contributed by atoms with Crippen LogP contribution in [0.4, 0.5) is 5.82 Å². The summed E-state index contributed by atoms with van der Waals surface area (Å²) in [5, 5.41) is 11.4. The summed E-state index contributed by atoms with van der Waals surface area (Å²) in [5.74, 6) is 0.226. The maximum atomic E-state index is 11.4. The number of piperidine rings is 1. The summed E-state index contributed by atoms with van der Waals surface area (Å²) in [5.41, 5.74) is 1.58. The Morgan fingerprint density at radius 3 is 2.48 bits per heavy atom. The van der Waals surface area contributed by atoms with Crippen LogP contribution in [0.5, 0.6) is 0 Å². The number of anilines is 1. The lowest BCUT2D eigenvalue weighted by atomic mass is 10.0. The largest absolute Gasteiger partial charge is 0.464 e. The molecule has 25 heavy (non-hydrogen) atoms. The number of rotatable bonds is 5. The number of carbonyl (C=O) groups excluding carboxylic acids is 1. The van der Waals surface area contributed by atoms with Gasteiger partial charge in [-0.3, -0.25) is 4.90 Å². The molecule has 6 heteroatoms. The molecule has 132 valence electrons. The Morgan fingerprint density at radius 2 is 1.88 bits per heavy atom. The van der Waals surface area contributed by atoms with Crippen LogP contribution in [0.25, 0.3) is 0 Å². The summed E-state index contributed by atoms with van der Waals surface area (Å²) in [6, 6.07) is 14.8. The molecule has 0 aliphatic carbocycles. The topological polar surface area (TPSA) is 67.3 Å². The molecule has 1 fully saturated rings. The molecule has 2 heterocycles. The van der Waals surface area contributed by atoms with Crippen LogP contribution in [0.3, 0.4) is 0 Å². The van der Waals surface area contributed by atoms with Crippen LogP contribution >= 0.6 is 0 Å². The lowest BCUT2D eigenvalue weighted by Gasteiger charge is -2.36. The summed E-state index contributed by atoms with van der Waals surface area (Å²) >= 11 is 0. The molecule has 1 N–H and O–H groups in total. The van der Waals surface area contributed by atoms with Crippen molar-refractivity contribution in [3.63, 3.8) is 0 Å². The van der Waals surface area contributed by atoms with Crippen LogP contribution in [0, 0.1) is 0 Å². The molecule has 0 saturated carbocycles. The average Bonchev–Trinajstić information content (AvgIpc) is 2.68. The normalized spacial score (nSPS) is 17.0. The first kappa shape index (κ1) is 17.4. The van der Waals surface area contributed by atoms with E-state index in [9.17, 15) is 4.79 Å². The quantitative estimate of drug-likeness (QED) is 0.844. The lowest BCUT2D eigenvalue weighted by molar-refractivity contribution is 0.0593. The molecule has 0 bridgehead atoms. The minimum atomic E-state index is -0.470. The van der Waals surface area contributed by atoms with Crippen molar-refractivity contribution in [3.05, 3.63) is 53.7 Å². The molecule has 0 radical (unpaired) electrons. The fraction of sp³-hybridized carbons (Fsp3) is 0.421. The second-order valence-corrected chi connectivity index (χ2v) is 6.34. The number of hydrogen-bond acceptors (Lipinski definition) is 6. The SMILES string of the molecule is COC(=O)c1ccc(NC2CCN(C(C)c3ccccc3)CC2)nn1. The molecule has 3 rings (SSSR count). The van der Waals surface area contributed by atoms with Gasteiger partial charge < -0.3 is 10.1 Å². The molecular weight excluding hydrogens is 316 g/mol. The second kappa shape index (κ2) is 8.07. The monoisotopic (exact) mass is 340 g/mol. The molecule has 1 aliphatic heterocycles. The van der Waals surface area contributed by atoms with Gasteiger partial charge in [-0.1, -0.05) is 30.3 Å². The van der Waals surface area contributed by atoms with Gasteiger partial charge in [0, 0.05) is 25.2 Å². The van der Waals surface area contributed by atoms with Crippen molar-refractivity contribution in [2.75, 3.05) is 25.5 Å². The van der Waals surface area contributed by atoms with Gasteiger partial charge in [-0.05, 0) is 37.5 Å². The number of ether oxygens (including phenoxy) is 1. The van der Waals surface area contributed by atoms with Gasteiger partial charge >= 0.3 is 5.97 Å². The van der Waals surface area contributed by atoms with E-state index in [2.05, 4.69) is 62.4 Å². The number of carbonyl (C=O) groups is 1. The molecule has 1 aliphatic rings. The highest BCUT2D eigenvalue weighted by Gasteiger charge is 2.23. The summed E-state index contributed by atoms with van der Waals surface area (Å²) in [4.78, 5) is 13.9. The molecule has 6 nitrogen and oxygen atoms in total. The average molecular weight is 340 g/mol. The number of benzene rings is 1. The molecule has 0 spiro atoms. The Hall–Kier alpha value is -2.47. The molecule has 0 amide bonds. The third-order valence-corrected chi connectivity index (χ3v) is 4.77. The highest BCUT2D eigenvalue weighted by Crippen LogP contribution is 2.25. The van der Waals surface area contributed by atoms with Gasteiger partial charge in [0.1, 0.15) is 5.82 Å². The number of esters is 1. The van der Waals surface area contributed by atoms with E-state index in [0.717, 1.165) is 25.9 Å². The molecule has 1 unspecified atom stereocenters. The molecule has 1 atom stereocenters. The Labute approximate surface area is 148 Å². The van der Waals surface area contributed by atoms with Gasteiger partial charge in [0.2, 0.25) is 0 Å². The third kappa shape index (κ3) is 4.33. The number of nitrogens with one attached hydrogen (secondary N) is 1. The first-order valence-electron chi connectivity index (χ1n) is 8.65. The van der Waals surface area contributed by atoms with Crippen molar-refractivity contribution in [2.24, 2.45) is 0 Å². The molecule has 2 aromatic rings. The molecule has 1 saturated heterocycles. The lowest BCUT2D eigenvalue weighted by Crippen LogP contribution is -2.40. The van der Waals surface area contributed by atoms with E-state index in [1.54, 1.807) is 12.1 Å². The van der Waals surface area contributed by atoms with Gasteiger partial charge in [0.25, 0.3) is 0 Å². The van der Waals surface area contributed by atoms with Gasteiger partial charge in [-0.15, -0.1) is 10.2 Å². The van der Waals surface area contributed by atoms with Gasteiger partial charge in [0.15, 0.2) is 5.69 Å². The van der Waals surface area contributed by atoms with Crippen LogP contribution in [-0.4, -0.2) is 47.3 Å². The Bertz CT molecular complexity index is 682. The van der Waals surface area contributed by atoms with Crippen LogP contribution < -0.4 is 5.32 Å². The van der Waals surface area contributed by atoms with Gasteiger partial charge in [-0.2, -0.15) is 0 Å². The standard InChI is InChI=1S/C19H24N4O2/c1-14(15-6-4-3-5-7-15)23-12-10-16(11-13-23)20-18-9-8-17(21-22-18)19(24)25-2/h3-9,14,16H,10-13H2,1-2H3,(H,20,22). The van der Waals surface area contributed by atoms with E-state index in [1.807, 2.05) is 0 Å². The van der Waals surface area contributed by atoms with E-state index in [1.165, 1.54) is 12.7 Å². The van der Waals surface area contributed by atoms with Crippen molar-refractivity contribution in [3.8, 4) is 0 Å². The van der Waals surface area contributed by atoms with Crippen molar-refractivity contribution >= 4 is 11.8 Å². The van der Waals surface area contributed by atoms with E-state index in [4.69, 9.17) is 0 Å². The van der Waals surface area contributed by atoms with Crippen molar-refractivity contribution in [1.82, 2.24) is 15.1 Å². The highest BCUT2D eigenvalue weighted by atomic mass is 16.5. The smallest absolute Gasteiger partial charge is 0.358 e. The number of nitrogens with zero attached hydrogens (tertiary/aromatic N) is 3. The maximum absolute atomic E-state index is 11.4. The van der Waals surface area contributed by atoms with E-state index in [-0.39, 0.29) is 5.69 Å². The van der Waals surface area contributed by atoms with Crippen LogP contribution in [-0.2, 0) is 4.74 Å². The highest BCUT2D eigenvalue weighted by molar-refractivity contribution is 5.86. The van der Waals surface area contributed by atoms with E-state index in [0.29, 0.717) is 17.9 Å². The Kier molecular flexibility index (Phi) is 5.60. The molecule has 1 aromatic heterocycles. The summed E-state index contributed by atoms with van der Waals surface area (Å²) < 4.78 is 4.63. The number of likely N-dealkylation sites (tertiary alicyclic amines) is 1. The zero-order valence-corrected chi connectivity index (χ0v) is 14.7. The summed E-state index contributed by atoms with van der Waals surface area (Å²) in [6.07, 6.45) is 2.11. The van der Waals surface area contributed by atoms with Crippen molar-refractivity contribution in [1.29, 1.82) is 0 Å². The second-order valence-electron chi connectivity index (χ2n) is 6.34. The first-order valence-corrected chi connectivity index (χ1v) is 8.65. The van der Waals surface area contributed by atoms with Crippen molar-refractivity contribution < 1.29 is 9.53 Å². The summed E-state index contributed by atoms with van der Waals surface area (Å²) in [7, 11) is 1.33. The minimum Gasteiger partial charge on any atom is -0.464 e. The fourth-order valence-electron chi connectivity index (χ4n) is 3.21. The number of aromatic nitrogens is 2. The van der Waals surface area contributed by atoms with E-state index >= 15 is 0 Å². The van der Waals surface area contributed by atoms with Gasteiger partial charge in [-0.25, -0.2) is 4.79 Å². The first-order chi connectivity index (χ1) is 12.2. The van der Waals surface area contributed by atoms with Gasteiger partial charge in [0.05, 0.1) is 7.11 Å². The predicted octanol–water partition coefficient (Wildman–Crippen LogP) is 2.90. The predicted molar refractivity (Wildman–Crippen MR) is 96.4 cm³/mol. The zero-order valence-electron chi connectivity index (χ0n) is 14.7. The van der Waals surface area contributed by atoms with E-state index < -0.39 is 5.97 Å². The zero-order chi connectivity index (χ0) is 17.6. The Balaban J connectivity index is 1.52.